The van der Waals surface area contributed by atoms with Crippen molar-refractivity contribution in [1.82, 2.24) is 0 Å². The highest BCUT2D eigenvalue weighted by Crippen LogP contribution is 2.19. The van der Waals surface area contributed by atoms with Crippen LogP contribution in [0.25, 0.3) is 0 Å². The van der Waals surface area contributed by atoms with E-state index in [1.54, 1.807) is 0 Å². The van der Waals surface area contributed by atoms with E-state index in [9.17, 15) is 49.2 Å². The standard InChI is InChI=1S/C46H82O12/c1-3-5-7-9-11-13-15-17-19-21-23-25-27-29-31-33-39(49)45(55,37-47)43(53)57-41(51)35-36-42(52)58-44(54)46(56,38-48)40(50)34-32-30-28-26-24-22-20-18-16-14-12-10-8-6-4-2/h47-48,55-56H,3-38H2,1-2H3. The number of hydrogen-bond acceptors (Lipinski definition) is 12. The number of carbonyl (C=O) groups excluding carboxylic acids is 6. The summed E-state index contributed by atoms with van der Waals surface area (Å²) in [5.74, 6) is -8.05. The summed E-state index contributed by atoms with van der Waals surface area (Å²) in [6, 6.07) is 0. The van der Waals surface area contributed by atoms with Gasteiger partial charge in [-0.05, 0) is 12.8 Å². The molecular formula is C46H82O12. The van der Waals surface area contributed by atoms with E-state index in [2.05, 4.69) is 23.3 Å². The van der Waals surface area contributed by atoms with Gasteiger partial charge in [-0.1, -0.05) is 194 Å². The van der Waals surface area contributed by atoms with Gasteiger partial charge in [-0.2, -0.15) is 0 Å². The molecule has 4 N–H and O–H groups in total. The summed E-state index contributed by atoms with van der Waals surface area (Å²) in [6.07, 6.45) is 31.6. The van der Waals surface area contributed by atoms with Gasteiger partial charge in [0.05, 0.1) is 26.1 Å². The van der Waals surface area contributed by atoms with Crippen molar-refractivity contribution < 1.29 is 58.7 Å². The van der Waals surface area contributed by atoms with Gasteiger partial charge in [0.15, 0.2) is 11.6 Å². The van der Waals surface area contributed by atoms with E-state index in [1.807, 2.05) is 0 Å². The summed E-state index contributed by atoms with van der Waals surface area (Å²) in [5, 5.41) is 40.3. The molecule has 58 heavy (non-hydrogen) atoms. The van der Waals surface area contributed by atoms with Crippen LogP contribution >= 0.6 is 0 Å². The van der Waals surface area contributed by atoms with Crippen molar-refractivity contribution in [1.29, 1.82) is 0 Å². The number of aliphatic hydroxyl groups excluding tert-OH is 2. The molecule has 0 bridgehead atoms. The van der Waals surface area contributed by atoms with Crippen molar-refractivity contribution in [3.05, 3.63) is 0 Å². The molecule has 0 heterocycles. The van der Waals surface area contributed by atoms with E-state index < -0.39 is 72.7 Å². The summed E-state index contributed by atoms with van der Waals surface area (Å²) in [7, 11) is 0. The van der Waals surface area contributed by atoms with Crippen LogP contribution in [0.4, 0.5) is 0 Å². The second kappa shape index (κ2) is 36.3. The zero-order valence-electron chi connectivity index (χ0n) is 36.5. The van der Waals surface area contributed by atoms with Crippen LogP contribution in [0.2, 0.25) is 0 Å². The van der Waals surface area contributed by atoms with Crippen molar-refractivity contribution in [3.8, 4) is 0 Å². The molecular weight excluding hydrogens is 744 g/mol. The number of carbonyl (C=O) groups is 6. The van der Waals surface area contributed by atoms with E-state index in [-0.39, 0.29) is 12.8 Å². The zero-order chi connectivity index (χ0) is 43.3. The monoisotopic (exact) mass is 827 g/mol. The topological polar surface area (TPSA) is 202 Å². The van der Waals surface area contributed by atoms with Crippen molar-refractivity contribution in [2.75, 3.05) is 13.2 Å². The third-order valence-corrected chi connectivity index (χ3v) is 11.0. The molecule has 0 amide bonds. The van der Waals surface area contributed by atoms with Crippen molar-refractivity contribution in [2.45, 2.75) is 243 Å². The molecule has 0 aromatic carbocycles. The van der Waals surface area contributed by atoms with Gasteiger partial charge in [0.2, 0.25) is 11.2 Å². The minimum Gasteiger partial charge on any atom is -0.392 e. The molecule has 0 aromatic rings. The third-order valence-electron chi connectivity index (χ3n) is 11.0. The fourth-order valence-corrected chi connectivity index (χ4v) is 6.94. The molecule has 0 rings (SSSR count). The number of rotatable bonds is 41. The Kier molecular flexibility index (Phi) is 34.7. The van der Waals surface area contributed by atoms with Crippen LogP contribution in [0, 0.1) is 0 Å². The Hall–Kier alpha value is -2.54. The molecule has 0 aliphatic heterocycles. The Bertz CT molecular complexity index is 1040. The number of esters is 4. The SMILES string of the molecule is CCCCCCCCCCCCCCCCCC(=O)C(O)(CO)C(=O)OC(=O)CCC(=O)OC(=O)C(O)(CO)C(=O)CCCCCCCCCCCCCCCCC. The lowest BCUT2D eigenvalue weighted by molar-refractivity contribution is -0.183. The van der Waals surface area contributed by atoms with Crippen LogP contribution in [-0.2, 0) is 38.2 Å². The number of Topliss-reactive ketones (excluding diaryl/α,β-unsaturated/α-hetero) is 2. The minimum absolute atomic E-state index is 0.209. The van der Waals surface area contributed by atoms with Crippen LogP contribution in [0.5, 0.6) is 0 Å². The summed E-state index contributed by atoms with van der Waals surface area (Å²) in [6.45, 7) is 1.83. The highest BCUT2D eigenvalue weighted by atomic mass is 16.6. The highest BCUT2D eigenvalue weighted by molar-refractivity contribution is 6.10. The molecule has 0 spiro atoms. The van der Waals surface area contributed by atoms with E-state index >= 15 is 0 Å². The molecule has 0 aromatic heterocycles. The third kappa shape index (κ3) is 26.5. The predicted octanol–water partition coefficient (Wildman–Crippen LogP) is 9.01. The fourth-order valence-electron chi connectivity index (χ4n) is 6.94. The van der Waals surface area contributed by atoms with Crippen LogP contribution in [0.15, 0.2) is 0 Å². The smallest absolute Gasteiger partial charge is 0.356 e. The number of aliphatic hydroxyl groups is 4. The molecule has 12 heteroatoms. The molecule has 0 saturated heterocycles. The molecule has 0 aliphatic carbocycles. The molecule has 0 fully saturated rings. The van der Waals surface area contributed by atoms with Crippen LogP contribution < -0.4 is 0 Å². The Labute approximate surface area is 350 Å². The van der Waals surface area contributed by atoms with Gasteiger partial charge in [0.25, 0.3) is 0 Å². The fraction of sp³-hybridized carbons (Fsp3) is 0.870. The maximum absolute atomic E-state index is 12.6. The summed E-state index contributed by atoms with van der Waals surface area (Å²) in [5.41, 5.74) is -5.90. The van der Waals surface area contributed by atoms with Gasteiger partial charge < -0.3 is 29.9 Å². The molecule has 0 radical (unpaired) electrons. The highest BCUT2D eigenvalue weighted by Gasteiger charge is 2.46. The van der Waals surface area contributed by atoms with Gasteiger partial charge in [-0.15, -0.1) is 0 Å². The molecule has 2 atom stereocenters. The second-order valence-corrected chi connectivity index (χ2v) is 16.3. The first-order chi connectivity index (χ1) is 27.9. The maximum Gasteiger partial charge on any atom is 0.356 e. The van der Waals surface area contributed by atoms with Crippen molar-refractivity contribution >= 4 is 35.4 Å². The quantitative estimate of drug-likeness (QED) is 0.0259. The zero-order valence-corrected chi connectivity index (χ0v) is 36.5. The van der Waals surface area contributed by atoms with E-state index in [4.69, 9.17) is 0 Å². The predicted molar refractivity (Wildman–Crippen MR) is 225 cm³/mol. The molecule has 12 nitrogen and oxygen atoms in total. The molecule has 0 aliphatic rings. The van der Waals surface area contributed by atoms with E-state index in [0.717, 1.165) is 51.4 Å². The molecule has 338 valence electrons. The average Bonchev–Trinajstić information content (AvgIpc) is 3.21. The maximum atomic E-state index is 12.6. The first-order valence-electron chi connectivity index (χ1n) is 23.2. The summed E-state index contributed by atoms with van der Waals surface area (Å²) >= 11 is 0. The first-order valence-corrected chi connectivity index (χ1v) is 23.2. The number of hydrogen-bond donors (Lipinski definition) is 4. The minimum atomic E-state index is -2.95. The number of ether oxygens (including phenoxy) is 2. The Morgan fingerprint density at radius 1 is 0.345 bits per heavy atom. The lowest BCUT2D eigenvalue weighted by atomic mass is 9.94. The largest absolute Gasteiger partial charge is 0.392 e. The van der Waals surface area contributed by atoms with Gasteiger partial charge in [0.1, 0.15) is 0 Å². The second-order valence-electron chi connectivity index (χ2n) is 16.3. The lowest BCUT2D eigenvalue weighted by Crippen LogP contribution is -2.51. The van der Waals surface area contributed by atoms with Gasteiger partial charge >= 0.3 is 23.9 Å². The van der Waals surface area contributed by atoms with Crippen molar-refractivity contribution in [3.63, 3.8) is 0 Å². The number of ketones is 2. The normalized spacial score (nSPS) is 13.4. The van der Waals surface area contributed by atoms with Gasteiger partial charge in [0, 0.05) is 12.8 Å². The van der Waals surface area contributed by atoms with Crippen LogP contribution in [-0.4, -0.2) is 80.3 Å². The van der Waals surface area contributed by atoms with E-state index in [0.29, 0.717) is 25.7 Å². The average molecular weight is 827 g/mol. The van der Waals surface area contributed by atoms with Crippen molar-refractivity contribution in [2.24, 2.45) is 0 Å². The Morgan fingerprint density at radius 2 is 0.552 bits per heavy atom. The Morgan fingerprint density at radius 3 is 0.759 bits per heavy atom. The molecule has 2 unspecified atom stereocenters. The van der Waals surface area contributed by atoms with Gasteiger partial charge in [-0.3, -0.25) is 19.2 Å². The summed E-state index contributed by atoms with van der Waals surface area (Å²) < 4.78 is 9.03. The lowest BCUT2D eigenvalue weighted by Gasteiger charge is -2.22. The van der Waals surface area contributed by atoms with E-state index in [1.165, 1.54) is 116 Å². The van der Waals surface area contributed by atoms with Gasteiger partial charge in [-0.25, -0.2) is 9.59 Å². The first kappa shape index (κ1) is 55.5. The summed E-state index contributed by atoms with van der Waals surface area (Å²) in [4.78, 5) is 74.7. The molecule has 0 saturated carbocycles. The van der Waals surface area contributed by atoms with Crippen LogP contribution in [0.1, 0.15) is 232 Å². The van der Waals surface area contributed by atoms with Crippen LogP contribution in [0.3, 0.4) is 0 Å². The Balaban J connectivity index is 4.29. The number of unbranched alkanes of at least 4 members (excludes halogenated alkanes) is 28.